The first-order chi connectivity index (χ1) is 10.2. The summed E-state index contributed by atoms with van der Waals surface area (Å²) in [5.74, 6) is -0.850. The quantitative estimate of drug-likeness (QED) is 0.904. The van der Waals surface area contributed by atoms with Gasteiger partial charge in [0.15, 0.2) is 0 Å². The lowest BCUT2D eigenvalue weighted by Gasteiger charge is -2.27. The summed E-state index contributed by atoms with van der Waals surface area (Å²) in [4.78, 5) is 11.6. The molecule has 0 radical (unpaired) electrons. The first-order valence-corrected chi connectivity index (χ1v) is 7.21. The van der Waals surface area contributed by atoms with E-state index < -0.39 is 12.0 Å². The Morgan fingerprint density at radius 2 is 2.19 bits per heavy atom. The SMILES string of the molecule is Cn1ncc2c1CCCC2NC(C(=O)O)c1ccccc1. The summed E-state index contributed by atoms with van der Waals surface area (Å²) >= 11 is 0. The minimum atomic E-state index is -0.850. The fraction of sp³-hybridized carbons (Fsp3) is 0.375. The minimum absolute atomic E-state index is 0.0451. The van der Waals surface area contributed by atoms with E-state index in [0.717, 1.165) is 30.4 Å². The van der Waals surface area contributed by atoms with Gasteiger partial charge in [-0.2, -0.15) is 5.10 Å². The largest absolute Gasteiger partial charge is 0.480 e. The molecule has 2 N–H and O–H groups in total. The Balaban J connectivity index is 1.86. The van der Waals surface area contributed by atoms with Gasteiger partial charge in [-0.05, 0) is 24.8 Å². The predicted octanol–water partition coefficient (Wildman–Crippen LogP) is 2.21. The number of aliphatic carboxylic acids is 1. The highest BCUT2D eigenvalue weighted by Crippen LogP contribution is 2.31. The molecule has 2 unspecified atom stereocenters. The molecule has 110 valence electrons. The molecular formula is C16H19N3O2. The Bertz CT molecular complexity index is 636. The molecule has 0 aliphatic heterocycles. The number of benzene rings is 1. The van der Waals surface area contributed by atoms with E-state index in [1.165, 1.54) is 5.69 Å². The van der Waals surface area contributed by atoms with Gasteiger partial charge < -0.3 is 5.11 Å². The lowest BCUT2D eigenvalue weighted by Crippen LogP contribution is -2.33. The van der Waals surface area contributed by atoms with Gasteiger partial charge in [-0.1, -0.05) is 30.3 Å². The summed E-state index contributed by atoms with van der Waals surface area (Å²) in [6, 6.07) is 8.66. The minimum Gasteiger partial charge on any atom is -0.480 e. The van der Waals surface area contributed by atoms with Crippen molar-refractivity contribution in [2.75, 3.05) is 0 Å². The zero-order chi connectivity index (χ0) is 14.8. The summed E-state index contributed by atoms with van der Waals surface area (Å²) < 4.78 is 1.89. The number of aryl methyl sites for hydroxylation is 1. The zero-order valence-corrected chi connectivity index (χ0v) is 12.0. The van der Waals surface area contributed by atoms with Gasteiger partial charge in [0.25, 0.3) is 0 Å². The van der Waals surface area contributed by atoms with Crippen molar-refractivity contribution < 1.29 is 9.90 Å². The third kappa shape index (κ3) is 2.69. The molecule has 0 amide bonds. The van der Waals surface area contributed by atoms with E-state index in [4.69, 9.17) is 0 Å². The van der Waals surface area contributed by atoms with E-state index in [0.29, 0.717) is 0 Å². The van der Waals surface area contributed by atoms with Crippen molar-refractivity contribution in [3.05, 3.63) is 53.3 Å². The van der Waals surface area contributed by atoms with Crippen LogP contribution in [0.4, 0.5) is 0 Å². The van der Waals surface area contributed by atoms with Gasteiger partial charge in [0, 0.05) is 24.3 Å². The molecule has 2 aromatic rings. The Kier molecular flexibility index (Phi) is 3.75. The number of hydrogen-bond donors (Lipinski definition) is 2. The highest BCUT2D eigenvalue weighted by molar-refractivity contribution is 5.75. The van der Waals surface area contributed by atoms with E-state index >= 15 is 0 Å². The molecule has 0 fully saturated rings. The van der Waals surface area contributed by atoms with Crippen LogP contribution in [-0.2, 0) is 18.3 Å². The van der Waals surface area contributed by atoms with Crippen LogP contribution < -0.4 is 5.32 Å². The van der Waals surface area contributed by atoms with Crippen molar-refractivity contribution in [1.29, 1.82) is 0 Å². The molecule has 0 saturated carbocycles. The molecule has 1 aliphatic carbocycles. The number of rotatable bonds is 4. The molecule has 1 aromatic heterocycles. The molecule has 3 rings (SSSR count). The van der Waals surface area contributed by atoms with Gasteiger partial charge in [0.2, 0.25) is 0 Å². The first kappa shape index (κ1) is 13.8. The number of nitrogens with zero attached hydrogens (tertiary/aromatic N) is 2. The molecule has 1 aromatic carbocycles. The summed E-state index contributed by atoms with van der Waals surface area (Å²) in [6.45, 7) is 0. The van der Waals surface area contributed by atoms with Crippen LogP contribution in [0.5, 0.6) is 0 Å². The Morgan fingerprint density at radius 3 is 2.90 bits per heavy atom. The molecule has 0 spiro atoms. The third-order valence-electron chi connectivity index (χ3n) is 4.12. The second kappa shape index (κ2) is 5.69. The normalized spacial score (nSPS) is 19.0. The highest BCUT2D eigenvalue weighted by atomic mass is 16.4. The lowest BCUT2D eigenvalue weighted by molar-refractivity contribution is -0.140. The van der Waals surface area contributed by atoms with Gasteiger partial charge in [0.05, 0.1) is 6.20 Å². The highest BCUT2D eigenvalue weighted by Gasteiger charge is 2.28. The lowest BCUT2D eigenvalue weighted by atomic mass is 9.91. The summed E-state index contributed by atoms with van der Waals surface area (Å²) in [6.07, 6.45) is 4.85. The predicted molar refractivity (Wildman–Crippen MR) is 78.8 cm³/mol. The maximum Gasteiger partial charge on any atom is 0.325 e. The van der Waals surface area contributed by atoms with E-state index in [1.807, 2.05) is 48.3 Å². The molecule has 2 atom stereocenters. The third-order valence-corrected chi connectivity index (χ3v) is 4.12. The fourth-order valence-electron chi connectivity index (χ4n) is 3.04. The van der Waals surface area contributed by atoms with Crippen molar-refractivity contribution in [3.63, 3.8) is 0 Å². The van der Waals surface area contributed by atoms with Gasteiger partial charge >= 0.3 is 5.97 Å². The van der Waals surface area contributed by atoms with Crippen LogP contribution in [0.1, 0.15) is 41.7 Å². The molecule has 21 heavy (non-hydrogen) atoms. The van der Waals surface area contributed by atoms with Crippen molar-refractivity contribution in [3.8, 4) is 0 Å². The van der Waals surface area contributed by atoms with E-state index in [1.54, 1.807) is 0 Å². The number of hydrogen-bond acceptors (Lipinski definition) is 3. The van der Waals surface area contributed by atoms with Crippen LogP contribution in [0, 0.1) is 0 Å². The topological polar surface area (TPSA) is 67.2 Å². The van der Waals surface area contributed by atoms with Gasteiger partial charge in [-0.15, -0.1) is 0 Å². The maximum atomic E-state index is 11.6. The number of carboxylic acid groups (broad SMARTS) is 1. The number of carboxylic acids is 1. The molecule has 5 heteroatoms. The molecule has 1 heterocycles. The first-order valence-electron chi connectivity index (χ1n) is 7.21. The molecule has 0 saturated heterocycles. The smallest absolute Gasteiger partial charge is 0.325 e. The van der Waals surface area contributed by atoms with Crippen molar-refractivity contribution in [1.82, 2.24) is 15.1 Å². The second-order valence-corrected chi connectivity index (χ2v) is 5.46. The van der Waals surface area contributed by atoms with E-state index in [-0.39, 0.29) is 6.04 Å². The summed E-state index contributed by atoms with van der Waals surface area (Å²) in [5, 5.41) is 17.1. The monoisotopic (exact) mass is 285 g/mol. The van der Waals surface area contributed by atoms with Gasteiger partial charge in [0.1, 0.15) is 6.04 Å². The summed E-state index contributed by atoms with van der Waals surface area (Å²) in [5.41, 5.74) is 3.11. The maximum absolute atomic E-state index is 11.6. The molecular weight excluding hydrogens is 266 g/mol. The Labute approximate surface area is 123 Å². The number of aromatic nitrogens is 2. The molecule has 5 nitrogen and oxygen atoms in total. The number of fused-ring (bicyclic) bond motifs is 1. The van der Waals surface area contributed by atoms with Crippen molar-refractivity contribution in [2.24, 2.45) is 7.05 Å². The van der Waals surface area contributed by atoms with Gasteiger partial charge in [-0.25, -0.2) is 0 Å². The van der Waals surface area contributed by atoms with Crippen LogP contribution >= 0.6 is 0 Å². The van der Waals surface area contributed by atoms with E-state index in [9.17, 15) is 9.90 Å². The van der Waals surface area contributed by atoms with Crippen molar-refractivity contribution >= 4 is 5.97 Å². The Hall–Kier alpha value is -2.14. The van der Waals surface area contributed by atoms with Crippen LogP contribution in [0.15, 0.2) is 36.5 Å². The average Bonchev–Trinajstić information content (AvgIpc) is 2.88. The number of carbonyl (C=O) groups is 1. The number of nitrogens with one attached hydrogen (secondary N) is 1. The second-order valence-electron chi connectivity index (χ2n) is 5.46. The molecule has 1 aliphatic rings. The van der Waals surface area contributed by atoms with E-state index in [2.05, 4.69) is 10.4 Å². The zero-order valence-electron chi connectivity index (χ0n) is 12.0. The van der Waals surface area contributed by atoms with Crippen LogP contribution in [0.3, 0.4) is 0 Å². The van der Waals surface area contributed by atoms with Gasteiger partial charge in [-0.3, -0.25) is 14.8 Å². The average molecular weight is 285 g/mol. The fourth-order valence-corrected chi connectivity index (χ4v) is 3.04. The summed E-state index contributed by atoms with van der Waals surface area (Å²) in [7, 11) is 1.94. The van der Waals surface area contributed by atoms with Crippen LogP contribution in [0.25, 0.3) is 0 Å². The van der Waals surface area contributed by atoms with Crippen molar-refractivity contribution in [2.45, 2.75) is 31.3 Å². The van der Waals surface area contributed by atoms with Crippen LogP contribution in [-0.4, -0.2) is 20.9 Å². The Morgan fingerprint density at radius 1 is 1.43 bits per heavy atom. The molecule has 0 bridgehead atoms. The van der Waals surface area contributed by atoms with Crippen LogP contribution in [0.2, 0.25) is 0 Å². The standard InChI is InChI=1S/C16H19N3O2/c1-19-14-9-5-8-13(12(14)10-17-19)18-15(16(20)21)11-6-3-2-4-7-11/h2-4,6-7,10,13,15,18H,5,8-9H2,1H3,(H,20,21).